The van der Waals surface area contributed by atoms with Gasteiger partial charge in [0.15, 0.2) is 0 Å². The van der Waals surface area contributed by atoms with Crippen molar-refractivity contribution in [3.63, 3.8) is 0 Å². The first-order valence-electron chi connectivity index (χ1n) is 9.18. The number of nitrogens with zero attached hydrogens (tertiary/aromatic N) is 4. The van der Waals surface area contributed by atoms with Gasteiger partial charge in [-0.15, -0.1) is 36.2 Å². The molecule has 0 aliphatic carbocycles. The van der Waals surface area contributed by atoms with Gasteiger partial charge in [0.25, 0.3) is 0 Å². The van der Waals surface area contributed by atoms with Crippen LogP contribution in [0.15, 0.2) is 40.8 Å². The molecule has 0 unspecified atom stereocenters. The summed E-state index contributed by atoms with van der Waals surface area (Å²) in [4.78, 5) is 16.0. The number of rotatable bonds is 6. The first-order chi connectivity index (χ1) is 13.0. The van der Waals surface area contributed by atoms with E-state index >= 15 is 0 Å². The van der Waals surface area contributed by atoms with Crippen molar-refractivity contribution in [2.45, 2.75) is 34.1 Å². The lowest BCUT2D eigenvalue weighted by Gasteiger charge is -2.11. The molecule has 0 saturated heterocycles. The Labute approximate surface area is 190 Å². The van der Waals surface area contributed by atoms with E-state index in [1.54, 1.807) is 11.3 Å². The van der Waals surface area contributed by atoms with Crippen LogP contribution in [0.3, 0.4) is 0 Å². The highest BCUT2D eigenvalue weighted by molar-refractivity contribution is 7.10. The maximum Gasteiger partial charge on any atom is 0.0998 e. The van der Waals surface area contributed by atoms with Crippen molar-refractivity contribution < 1.29 is 0 Å². The summed E-state index contributed by atoms with van der Waals surface area (Å²) in [7, 11) is 2.03. The second-order valence-corrected chi connectivity index (χ2v) is 7.85. The summed E-state index contributed by atoms with van der Waals surface area (Å²) in [6.45, 7) is 9.37. The number of hydrogen-bond donors (Lipinski definition) is 0. The standard InChI is InChI=1S/C22H26N4S.2ClH/c1-6-26(5)14-24-20-10-16(3)18(9-17(20)4)11-22-25-21(13-27-22)19-8-7-15(2)12-23-19;;/h7-10,12-14H,6,11H2,1-5H3;2*1H/b24-14-;;. The van der Waals surface area contributed by atoms with Gasteiger partial charge in [-0.25, -0.2) is 9.98 Å². The summed E-state index contributed by atoms with van der Waals surface area (Å²) in [6, 6.07) is 8.51. The van der Waals surface area contributed by atoms with E-state index in [9.17, 15) is 0 Å². The molecule has 0 aliphatic heterocycles. The fourth-order valence-corrected chi connectivity index (χ4v) is 3.54. The largest absolute Gasteiger partial charge is 0.366 e. The second kappa shape index (κ2) is 11.3. The molecule has 3 rings (SSSR count). The number of hydrogen-bond acceptors (Lipinski definition) is 4. The number of benzene rings is 1. The fourth-order valence-electron chi connectivity index (χ4n) is 2.72. The predicted molar refractivity (Wildman–Crippen MR) is 130 cm³/mol. The van der Waals surface area contributed by atoms with E-state index in [2.05, 4.69) is 59.2 Å². The summed E-state index contributed by atoms with van der Waals surface area (Å²) >= 11 is 1.69. The Hall–Kier alpha value is -1.95. The molecule has 1 aromatic carbocycles. The number of aryl methyl sites for hydroxylation is 3. The Kier molecular flexibility index (Phi) is 9.77. The van der Waals surface area contributed by atoms with E-state index in [0.29, 0.717) is 0 Å². The highest BCUT2D eigenvalue weighted by atomic mass is 35.5. The molecule has 29 heavy (non-hydrogen) atoms. The maximum absolute atomic E-state index is 4.79. The van der Waals surface area contributed by atoms with E-state index in [1.807, 2.05) is 32.6 Å². The summed E-state index contributed by atoms with van der Waals surface area (Å²) in [5, 5.41) is 3.20. The van der Waals surface area contributed by atoms with Crippen molar-refractivity contribution in [1.82, 2.24) is 14.9 Å². The zero-order valence-corrected chi connectivity index (χ0v) is 19.9. The lowest BCUT2D eigenvalue weighted by Crippen LogP contribution is -2.14. The number of thiazole rings is 1. The molecule has 0 aliphatic rings. The van der Waals surface area contributed by atoms with Crippen LogP contribution in [0.25, 0.3) is 11.4 Å². The van der Waals surface area contributed by atoms with Crippen LogP contribution < -0.4 is 0 Å². The SMILES string of the molecule is CCN(C)/C=N\c1cc(C)c(Cc2nc(-c3ccc(C)cn3)cs2)cc1C.Cl.Cl. The molecular formula is C22H28Cl2N4S. The van der Waals surface area contributed by atoms with Gasteiger partial charge in [-0.05, 0) is 62.1 Å². The molecule has 0 radical (unpaired) electrons. The second-order valence-electron chi connectivity index (χ2n) is 6.91. The van der Waals surface area contributed by atoms with Crippen molar-refractivity contribution in [1.29, 1.82) is 0 Å². The summed E-state index contributed by atoms with van der Waals surface area (Å²) in [5.74, 6) is 0. The average molecular weight is 451 g/mol. The summed E-state index contributed by atoms with van der Waals surface area (Å²) in [6.07, 6.45) is 4.61. The summed E-state index contributed by atoms with van der Waals surface area (Å²) in [5.41, 5.74) is 7.81. The van der Waals surface area contributed by atoms with Gasteiger partial charge in [0.2, 0.25) is 0 Å². The van der Waals surface area contributed by atoms with E-state index in [4.69, 9.17) is 4.98 Å². The minimum Gasteiger partial charge on any atom is -0.366 e. The van der Waals surface area contributed by atoms with Crippen LogP contribution in [0.4, 0.5) is 5.69 Å². The monoisotopic (exact) mass is 450 g/mol. The lowest BCUT2D eigenvalue weighted by atomic mass is 10.0. The number of aromatic nitrogens is 2. The van der Waals surface area contributed by atoms with Gasteiger partial charge < -0.3 is 4.90 Å². The summed E-state index contributed by atoms with van der Waals surface area (Å²) < 4.78 is 0. The first kappa shape index (κ1) is 25.1. The minimum atomic E-state index is 0. The molecule has 0 atom stereocenters. The quantitative estimate of drug-likeness (QED) is 0.332. The molecule has 2 heterocycles. The molecule has 4 nitrogen and oxygen atoms in total. The van der Waals surface area contributed by atoms with Gasteiger partial charge >= 0.3 is 0 Å². The molecular weight excluding hydrogens is 423 g/mol. The van der Waals surface area contributed by atoms with Crippen molar-refractivity contribution in [2.75, 3.05) is 13.6 Å². The van der Waals surface area contributed by atoms with Crippen LogP contribution in [0.1, 0.15) is 34.2 Å². The van der Waals surface area contributed by atoms with E-state index in [0.717, 1.165) is 40.6 Å². The Morgan fingerprint density at radius 1 is 1.07 bits per heavy atom. The molecule has 2 aromatic heterocycles. The van der Waals surface area contributed by atoms with Crippen molar-refractivity contribution >= 4 is 48.2 Å². The third-order valence-corrected chi connectivity index (χ3v) is 5.46. The van der Waals surface area contributed by atoms with Crippen LogP contribution in [0, 0.1) is 20.8 Å². The highest BCUT2D eigenvalue weighted by Crippen LogP contribution is 2.27. The minimum absolute atomic E-state index is 0. The van der Waals surface area contributed by atoms with Crippen LogP contribution in [-0.4, -0.2) is 34.8 Å². The fraction of sp³-hybridized carbons (Fsp3) is 0.318. The van der Waals surface area contributed by atoms with Crippen LogP contribution in [0.2, 0.25) is 0 Å². The van der Waals surface area contributed by atoms with Crippen LogP contribution >= 0.6 is 36.2 Å². The third kappa shape index (κ3) is 6.53. The average Bonchev–Trinajstić information content (AvgIpc) is 3.12. The first-order valence-corrected chi connectivity index (χ1v) is 10.1. The zero-order chi connectivity index (χ0) is 19.4. The van der Waals surface area contributed by atoms with Gasteiger partial charge in [0.05, 0.1) is 28.4 Å². The van der Waals surface area contributed by atoms with Gasteiger partial charge in [-0.2, -0.15) is 0 Å². The van der Waals surface area contributed by atoms with Gasteiger partial charge in [-0.1, -0.05) is 12.1 Å². The predicted octanol–water partition coefficient (Wildman–Crippen LogP) is 6.18. The molecule has 0 saturated carbocycles. The Balaban J connectivity index is 0.00000210. The lowest BCUT2D eigenvalue weighted by molar-refractivity contribution is 0.552. The zero-order valence-electron chi connectivity index (χ0n) is 17.5. The molecule has 156 valence electrons. The van der Waals surface area contributed by atoms with Gasteiger partial charge in [-0.3, -0.25) is 4.98 Å². The molecule has 7 heteroatoms. The third-order valence-electron chi connectivity index (χ3n) is 4.61. The van der Waals surface area contributed by atoms with Crippen LogP contribution in [0.5, 0.6) is 0 Å². The molecule has 0 amide bonds. The van der Waals surface area contributed by atoms with E-state index in [-0.39, 0.29) is 24.8 Å². The van der Waals surface area contributed by atoms with Crippen molar-refractivity contribution in [3.05, 3.63) is 63.1 Å². The van der Waals surface area contributed by atoms with Crippen LogP contribution in [-0.2, 0) is 6.42 Å². The Morgan fingerprint density at radius 3 is 2.48 bits per heavy atom. The molecule has 0 N–H and O–H groups in total. The van der Waals surface area contributed by atoms with Gasteiger partial charge in [0.1, 0.15) is 0 Å². The van der Waals surface area contributed by atoms with Crippen molar-refractivity contribution in [3.8, 4) is 11.4 Å². The smallest absolute Gasteiger partial charge is 0.0998 e. The van der Waals surface area contributed by atoms with E-state index < -0.39 is 0 Å². The molecule has 0 spiro atoms. The molecule has 3 aromatic rings. The number of aliphatic imine (C=N–C) groups is 1. The molecule has 0 fully saturated rings. The number of halogens is 2. The highest BCUT2D eigenvalue weighted by Gasteiger charge is 2.10. The Morgan fingerprint density at radius 2 is 1.83 bits per heavy atom. The molecule has 0 bridgehead atoms. The van der Waals surface area contributed by atoms with Gasteiger partial charge in [0, 0.05) is 31.6 Å². The maximum atomic E-state index is 4.79. The van der Waals surface area contributed by atoms with Crippen molar-refractivity contribution in [2.24, 2.45) is 4.99 Å². The Bertz CT molecular complexity index is 952. The normalized spacial score (nSPS) is 10.5. The van der Waals surface area contributed by atoms with E-state index in [1.165, 1.54) is 16.7 Å². The number of pyridine rings is 1. The topological polar surface area (TPSA) is 41.4 Å².